The van der Waals surface area contributed by atoms with Crippen LogP contribution in [0, 0.1) is 6.92 Å². The first kappa shape index (κ1) is 16.0. The van der Waals surface area contributed by atoms with Gasteiger partial charge in [0.15, 0.2) is 0 Å². The van der Waals surface area contributed by atoms with Gasteiger partial charge in [0.1, 0.15) is 11.2 Å². The molecule has 0 radical (unpaired) electrons. The lowest BCUT2D eigenvalue weighted by Gasteiger charge is -2.08. The molecule has 0 unspecified atom stereocenters. The standard InChI is InChI=1S/C20H20N6O/c1-14-6-8-16(9-7-14)26-13-15(21-23-26)12-24-10-11-25-19(20(24)27)17-4-2-3-5-18(17)22-25/h6-11,13H,2-5,12H2,1H3. The van der Waals surface area contributed by atoms with Crippen LogP contribution in [-0.2, 0) is 19.4 Å². The molecule has 0 atom stereocenters. The van der Waals surface area contributed by atoms with E-state index < -0.39 is 0 Å². The van der Waals surface area contributed by atoms with Crippen LogP contribution in [0.15, 0.2) is 47.7 Å². The summed E-state index contributed by atoms with van der Waals surface area (Å²) in [6, 6.07) is 8.09. The number of hydrogen-bond donors (Lipinski definition) is 0. The van der Waals surface area contributed by atoms with Crippen molar-refractivity contribution in [2.45, 2.75) is 39.2 Å². The van der Waals surface area contributed by atoms with Gasteiger partial charge in [-0.05, 0) is 44.7 Å². The highest BCUT2D eigenvalue weighted by molar-refractivity contribution is 5.55. The summed E-state index contributed by atoms with van der Waals surface area (Å²) >= 11 is 0. The summed E-state index contributed by atoms with van der Waals surface area (Å²) in [5, 5.41) is 13.0. The molecule has 1 aliphatic rings. The monoisotopic (exact) mass is 360 g/mol. The Morgan fingerprint density at radius 2 is 1.89 bits per heavy atom. The van der Waals surface area contributed by atoms with Gasteiger partial charge in [-0.15, -0.1) is 5.10 Å². The first-order chi connectivity index (χ1) is 13.2. The molecule has 7 nitrogen and oxygen atoms in total. The maximum absolute atomic E-state index is 13.0. The van der Waals surface area contributed by atoms with Crippen molar-refractivity contribution in [3.05, 3.63) is 75.7 Å². The van der Waals surface area contributed by atoms with Crippen LogP contribution < -0.4 is 5.56 Å². The Morgan fingerprint density at radius 3 is 2.74 bits per heavy atom. The van der Waals surface area contributed by atoms with Gasteiger partial charge in [-0.25, -0.2) is 9.20 Å². The minimum atomic E-state index is -0.0157. The van der Waals surface area contributed by atoms with Crippen LogP contribution in [-0.4, -0.2) is 29.2 Å². The van der Waals surface area contributed by atoms with Crippen LogP contribution in [0.4, 0.5) is 0 Å². The molecule has 7 heteroatoms. The van der Waals surface area contributed by atoms with Gasteiger partial charge in [0.05, 0.1) is 24.1 Å². The Balaban J connectivity index is 1.49. The minimum Gasteiger partial charge on any atom is -0.306 e. The second-order valence-electron chi connectivity index (χ2n) is 7.15. The van der Waals surface area contributed by atoms with Gasteiger partial charge < -0.3 is 4.57 Å². The average Bonchev–Trinajstić information content (AvgIpc) is 3.29. The highest BCUT2D eigenvalue weighted by Gasteiger charge is 2.19. The zero-order valence-corrected chi connectivity index (χ0v) is 15.2. The second-order valence-corrected chi connectivity index (χ2v) is 7.15. The number of nitrogens with zero attached hydrogens (tertiary/aromatic N) is 6. The van der Waals surface area contributed by atoms with E-state index in [1.54, 1.807) is 20.0 Å². The van der Waals surface area contributed by atoms with Crippen molar-refractivity contribution < 1.29 is 0 Å². The summed E-state index contributed by atoms with van der Waals surface area (Å²) in [6.07, 6.45) is 9.66. The lowest BCUT2D eigenvalue weighted by molar-refractivity contribution is 0.673. The van der Waals surface area contributed by atoms with Crippen LogP contribution in [0.5, 0.6) is 0 Å². The van der Waals surface area contributed by atoms with Crippen molar-refractivity contribution in [3.63, 3.8) is 0 Å². The number of rotatable bonds is 3. The molecule has 136 valence electrons. The number of benzene rings is 1. The van der Waals surface area contributed by atoms with E-state index in [9.17, 15) is 4.79 Å². The van der Waals surface area contributed by atoms with Crippen molar-refractivity contribution in [1.29, 1.82) is 0 Å². The largest absolute Gasteiger partial charge is 0.306 e. The lowest BCUT2D eigenvalue weighted by Crippen LogP contribution is -2.23. The zero-order chi connectivity index (χ0) is 18.4. The average molecular weight is 360 g/mol. The van der Waals surface area contributed by atoms with E-state index in [0.29, 0.717) is 12.1 Å². The topological polar surface area (TPSA) is 70.0 Å². The van der Waals surface area contributed by atoms with Gasteiger partial charge >= 0.3 is 0 Å². The molecular formula is C20H20N6O. The number of hydrogen-bond acceptors (Lipinski definition) is 4. The molecule has 0 N–H and O–H groups in total. The van der Waals surface area contributed by atoms with E-state index in [0.717, 1.165) is 48.3 Å². The SMILES string of the molecule is Cc1ccc(-n2cc(Cn3ccn4nc5c(c4c3=O)CCCC5)nn2)cc1. The molecule has 0 aliphatic heterocycles. The van der Waals surface area contributed by atoms with Crippen LogP contribution in [0.1, 0.15) is 35.4 Å². The molecule has 1 aliphatic carbocycles. The number of aryl methyl sites for hydroxylation is 3. The maximum Gasteiger partial charge on any atom is 0.277 e. The van der Waals surface area contributed by atoms with Crippen LogP contribution in [0.2, 0.25) is 0 Å². The number of aromatic nitrogens is 6. The van der Waals surface area contributed by atoms with Gasteiger partial charge in [0.2, 0.25) is 0 Å². The highest BCUT2D eigenvalue weighted by Crippen LogP contribution is 2.22. The molecule has 0 saturated heterocycles. The van der Waals surface area contributed by atoms with E-state index in [-0.39, 0.29) is 5.56 Å². The van der Waals surface area contributed by atoms with Crippen molar-refractivity contribution in [1.82, 2.24) is 29.2 Å². The van der Waals surface area contributed by atoms with E-state index >= 15 is 0 Å². The van der Waals surface area contributed by atoms with Crippen molar-refractivity contribution in [3.8, 4) is 5.69 Å². The summed E-state index contributed by atoms with van der Waals surface area (Å²) in [6.45, 7) is 2.44. The predicted octanol–water partition coefficient (Wildman–Crippen LogP) is 2.31. The molecule has 0 bridgehead atoms. The molecule has 0 spiro atoms. The number of fused-ring (bicyclic) bond motifs is 3. The molecule has 27 heavy (non-hydrogen) atoms. The van der Waals surface area contributed by atoms with Crippen molar-refractivity contribution in [2.75, 3.05) is 0 Å². The molecule has 1 aromatic carbocycles. The van der Waals surface area contributed by atoms with Crippen LogP contribution in [0.25, 0.3) is 11.2 Å². The Kier molecular flexibility index (Phi) is 3.67. The normalized spacial score (nSPS) is 13.8. The van der Waals surface area contributed by atoms with Crippen LogP contribution >= 0.6 is 0 Å². The Labute approximate surface area is 155 Å². The summed E-state index contributed by atoms with van der Waals surface area (Å²) in [4.78, 5) is 13.0. The Bertz CT molecular complexity index is 1180. The molecule has 0 fully saturated rings. The van der Waals surface area contributed by atoms with Crippen molar-refractivity contribution >= 4 is 5.52 Å². The van der Waals surface area contributed by atoms with E-state index in [1.807, 2.05) is 43.6 Å². The zero-order valence-electron chi connectivity index (χ0n) is 15.2. The smallest absolute Gasteiger partial charge is 0.277 e. The summed E-state index contributed by atoms with van der Waals surface area (Å²) in [7, 11) is 0. The third-order valence-electron chi connectivity index (χ3n) is 5.21. The second kappa shape index (κ2) is 6.19. The third kappa shape index (κ3) is 2.75. The van der Waals surface area contributed by atoms with Gasteiger partial charge in [0.25, 0.3) is 5.56 Å². The fraction of sp³-hybridized carbons (Fsp3) is 0.300. The fourth-order valence-corrected chi connectivity index (χ4v) is 3.75. The first-order valence-corrected chi connectivity index (χ1v) is 9.27. The third-order valence-corrected chi connectivity index (χ3v) is 5.21. The summed E-state index contributed by atoms with van der Waals surface area (Å²) < 4.78 is 5.16. The van der Waals surface area contributed by atoms with E-state index in [4.69, 9.17) is 0 Å². The Hall–Kier alpha value is -3.22. The first-order valence-electron chi connectivity index (χ1n) is 9.27. The van der Waals surface area contributed by atoms with Gasteiger partial charge in [-0.1, -0.05) is 22.9 Å². The van der Waals surface area contributed by atoms with Crippen LogP contribution in [0.3, 0.4) is 0 Å². The quantitative estimate of drug-likeness (QED) is 0.562. The van der Waals surface area contributed by atoms with Gasteiger partial charge in [0, 0.05) is 18.0 Å². The molecule has 3 heterocycles. The molecular weight excluding hydrogens is 340 g/mol. The maximum atomic E-state index is 13.0. The fourth-order valence-electron chi connectivity index (χ4n) is 3.75. The highest BCUT2D eigenvalue weighted by atomic mass is 16.1. The summed E-state index contributed by atoms with van der Waals surface area (Å²) in [5.74, 6) is 0. The molecule has 3 aromatic heterocycles. The Morgan fingerprint density at radius 1 is 1.07 bits per heavy atom. The minimum absolute atomic E-state index is 0.0157. The predicted molar refractivity (Wildman–Crippen MR) is 101 cm³/mol. The van der Waals surface area contributed by atoms with Crippen molar-refractivity contribution in [2.24, 2.45) is 0 Å². The molecule has 0 amide bonds. The summed E-state index contributed by atoms with van der Waals surface area (Å²) in [5.41, 5.74) is 5.77. The molecule has 0 saturated carbocycles. The van der Waals surface area contributed by atoms with Gasteiger partial charge in [-0.3, -0.25) is 4.79 Å². The van der Waals surface area contributed by atoms with E-state index in [2.05, 4.69) is 15.4 Å². The van der Waals surface area contributed by atoms with E-state index in [1.165, 1.54) is 5.56 Å². The van der Waals surface area contributed by atoms with Gasteiger partial charge in [-0.2, -0.15) is 5.10 Å². The lowest BCUT2D eigenvalue weighted by atomic mass is 9.97. The molecule has 4 aromatic rings. The molecule has 5 rings (SSSR count).